The minimum atomic E-state index is 0.0950. The second-order valence-corrected chi connectivity index (χ2v) is 7.28. The van der Waals surface area contributed by atoms with Crippen molar-refractivity contribution in [3.8, 4) is 0 Å². The Morgan fingerprint density at radius 3 is 2.58 bits per heavy atom. The first kappa shape index (κ1) is 17.4. The Morgan fingerprint density at radius 1 is 1.12 bits per heavy atom. The molecule has 2 fully saturated rings. The zero-order chi connectivity index (χ0) is 16.8. The van der Waals surface area contributed by atoms with Crippen LogP contribution >= 0.6 is 0 Å². The van der Waals surface area contributed by atoms with Gasteiger partial charge < -0.3 is 10.6 Å². The number of nitrogens with zero attached hydrogens (tertiary/aromatic N) is 1. The Labute approximate surface area is 146 Å². The molecule has 1 saturated carbocycles. The number of nitrogens with one attached hydrogen (secondary N) is 2. The number of likely N-dealkylation sites (tertiary alicyclic amines) is 1. The fourth-order valence-electron chi connectivity index (χ4n) is 4.11. The Kier molecular flexibility index (Phi) is 6.27. The molecule has 1 saturated heterocycles. The summed E-state index contributed by atoms with van der Waals surface area (Å²) >= 11 is 0. The first-order valence-corrected chi connectivity index (χ1v) is 9.60. The number of hydrogen-bond acceptors (Lipinski definition) is 3. The molecule has 1 aromatic rings. The molecule has 1 amide bonds. The topological polar surface area (TPSA) is 44.4 Å². The molecular formula is C20H31N3O. The van der Waals surface area contributed by atoms with Gasteiger partial charge in [0.25, 0.3) is 0 Å². The highest BCUT2D eigenvalue weighted by Crippen LogP contribution is 2.32. The Morgan fingerprint density at radius 2 is 1.88 bits per heavy atom. The lowest BCUT2D eigenvalue weighted by Gasteiger charge is -2.22. The van der Waals surface area contributed by atoms with Crippen molar-refractivity contribution in [1.82, 2.24) is 10.2 Å². The van der Waals surface area contributed by atoms with Crippen LogP contribution < -0.4 is 10.6 Å². The fourth-order valence-corrected chi connectivity index (χ4v) is 4.11. The summed E-state index contributed by atoms with van der Waals surface area (Å²) in [7, 11) is 0. The summed E-state index contributed by atoms with van der Waals surface area (Å²) in [6.45, 7) is 5.60. The van der Waals surface area contributed by atoms with E-state index in [9.17, 15) is 4.79 Å². The van der Waals surface area contributed by atoms with Crippen LogP contribution in [-0.2, 0) is 4.79 Å². The van der Waals surface area contributed by atoms with Crippen LogP contribution in [0.2, 0.25) is 0 Å². The van der Waals surface area contributed by atoms with Crippen LogP contribution in [-0.4, -0.2) is 43.0 Å². The maximum absolute atomic E-state index is 12.2. The second kappa shape index (κ2) is 8.63. The van der Waals surface area contributed by atoms with Crippen LogP contribution in [0.5, 0.6) is 0 Å². The molecule has 0 spiro atoms. The summed E-state index contributed by atoms with van der Waals surface area (Å²) < 4.78 is 0. The molecule has 1 aromatic carbocycles. The van der Waals surface area contributed by atoms with Crippen molar-refractivity contribution < 1.29 is 4.79 Å². The summed E-state index contributed by atoms with van der Waals surface area (Å²) in [5.41, 5.74) is 2.35. The summed E-state index contributed by atoms with van der Waals surface area (Å²) in [6.07, 6.45) is 7.86. The Bertz CT molecular complexity index is 522. The lowest BCUT2D eigenvalue weighted by molar-refractivity contribution is -0.117. The van der Waals surface area contributed by atoms with E-state index in [1.807, 2.05) is 0 Å². The quantitative estimate of drug-likeness (QED) is 0.841. The lowest BCUT2D eigenvalue weighted by Crippen LogP contribution is -2.35. The number of amides is 1. The zero-order valence-electron chi connectivity index (χ0n) is 14.9. The van der Waals surface area contributed by atoms with Crippen LogP contribution in [0.15, 0.2) is 24.3 Å². The van der Waals surface area contributed by atoms with Crippen molar-refractivity contribution in [3.05, 3.63) is 29.8 Å². The third-order valence-corrected chi connectivity index (χ3v) is 5.40. The molecule has 4 heteroatoms. The highest BCUT2D eigenvalue weighted by molar-refractivity contribution is 5.92. The van der Waals surface area contributed by atoms with Crippen LogP contribution in [0, 0.1) is 0 Å². The molecule has 1 unspecified atom stereocenters. The molecule has 1 aliphatic heterocycles. The van der Waals surface area contributed by atoms with Gasteiger partial charge in [-0.25, -0.2) is 0 Å². The van der Waals surface area contributed by atoms with Crippen molar-refractivity contribution in [2.75, 3.05) is 31.5 Å². The molecule has 3 rings (SSSR count). The van der Waals surface area contributed by atoms with Gasteiger partial charge in [-0.3, -0.25) is 9.69 Å². The van der Waals surface area contributed by atoms with Gasteiger partial charge in [-0.15, -0.1) is 0 Å². The second-order valence-electron chi connectivity index (χ2n) is 7.28. The predicted molar refractivity (Wildman–Crippen MR) is 99.4 cm³/mol. The Balaban J connectivity index is 1.46. The van der Waals surface area contributed by atoms with Crippen LogP contribution in [0.3, 0.4) is 0 Å². The van der Waals surface area contributed by atoms with Crippen molar-refractivity contribution in [3.63, 3.8) is 0 Å². The monoisotopic (exact) mass is 329 g/mol. The van der Waals surface area contributed by atoms with E-state index < -0.39 is 0 Å². The van der Waals surface area contributed by atoms with E-state index in [-0.39, 0.29) is 5.91 Å². The predicted octanol–water partition coefficient (Wildman–Crippen LogP) is 3.36. The number of carbonyl (C=O) groups excluding carboxylic acids is 1. The molecule has 0 bridgehead atoms. The molecule has 1 atom stereocenters. The van der Waals surface area contributed by atoms with E-state index in [4.69, 9.17) is 0 Å². The number of rotatable bonds is 6. The largest absolute Gasteiger partial charge is 0.325 e. The highest BCUT2D eigenvalue weighted by Gasteiger charge is 2.23. The van der Waals surface area contributed by atoms with Crippen molar-refractivity contribution >= 4 is 11.6 Å². The normalized spacial score (nSPS) is 22.6. The van der Waals surface area contributed by atoms with Gasteiger partial charge in [-0.2, -0.15) is 0 Å². The molecule has 2 aliphatic rings. The van der Waals surface area contributed by atoms with Gasteiger partial charge in [-0.05, 0) is 49.4 Å². The van der Waals surface area contributed by atoms with E-state index in [2.05, 4.69) is 46.7 Å². The zero-order valence-corrected chi connectivity index (χ0v) is 14.9. The van der Waals surface area contributed by atoms with Gasteiger partial charge in [0.15, 0.2) is 0 Å². The minimum Gasteiger partial charge on any atom is -0.325 e. The molecule has 24 heavy (non-hydrogen) atoms. The molecule has 0 radical (unpaired) electrons. The molecule has 132 valence electrons. The van der Waals surface area contributed by atoms with Gasteiger partial charge in [0, 0.05) is 24.8 Å². The Hall–Kier alpha value is -1.39. The van der Waals surface area contributed by atoms with Gasteiger partial charge in [0.1, 0.15) is 0 Å². The van der Waals surface area contributed by atoms with E-state index in [1.165, 1.54) is 37.7 Å². The third-order valence-electron chi connectivity index (χ3n) is 5.40. The van der Waals surface area contributed by atoms with E-state index in [0.717, 1.165) is 37.7 Å². The summed E-state index contributed by atoms with van der Waals surface area (Å²) in [6, 6.07) is 9.06. The van der Waals surface area contributed by atoms with Gasteiger partial charge >= 0.3 is 0 Å². The molecule has 1 heterocycles. The van der Waals surface area contributed by atoms with Crippen LogP contribution in [0.25, 0.3) is 0 Å². The molecule has 4 nitrogen and oxygen atoms in total. The molecule has 1 aliphatic carbocycles. The summed E-state index contributed by atoms with van der Waals surface area (Å²) in [5, 5.41) is 6.51. The van der Waals surface area contributed by atoms with Crippen molar-refractivity contribution in [2.45, 2.75) is 57.4 Å². The van der Waals surface area contributed by atoms with Gasteiger partial charge in [0.2, 0.25) is 5.91 Å². The first-order chi connectivity index (χ1) is 11.7. The summed E-state index contributed by atoms with van der Waals surface area (Å²) in [5.74, 6) is 0.814. The first-order valence-electron chi connectivity index (χ1n) is 9.60. The lowest BCUT2D eigenvalue weighted by atomic mass is 9.84. The smallest absolute Gasteiger partial charge is 0.238 e. The summed E-state index contributed by atoms with van der Waals surface area (Å²) in [4.78, 5) is 14.5. The number of benzene rings is 1. The highest BCUT2D eigenvalue weighted by atomic mass is 16.2. The number of hydrogen-bond donors (Lipinski definition) is 2. The average Bonchev–Trinajstić information content (AvgIpc) is 3.03. The van der Waals surface area contributed by atoms with Crippen LogP contribution in [0.1, 0.15) is 56.9 Å². The van der Waals surface area contributed by atoms with E-state index in [1.54, 1.807) is 0 Å². The number of anilines is 1. The SMILES string of the molecule is CCNC1CCN(CC(=O)Nc2ccc(C3CCCCC3)cc2)C1. The number of likely N-dealkylation sites (N-methyl/N-ethyl adjacent to an activating group) is 1. The van der Waals surface area contributed by atoms with E-state index >= 15 is 0 Å². The molecule has 2 N–H and O–H groups in total. The molecular weight excluding hydrogens is 298 g/mol. The maximum Gasteiger partial charge on any atom is 0.238 e. The average molecular weight is 329 g/mol. The minimum absolute atomic E-state index is 0.0950. The van der Waals surface area contributed by atoms with Crippen molar-refractivity contribution in [2.24, 2.45) is 0 Å². The maximum atomic E-state index is 12.2. The standard InChI is InChI=1S/C20H31N3O/c1-2-21-19-12-13-23(14-19)15-20(24)22-18-10-8-17(9-11-18)16-6-4-3-5-7-16/h8-11,16,19,21H,2-7,12-15H2,1H3,(H,22,24). The van der Waals surface area contributed by atoms with Gasteiger partial charge in [-0.1, -0.05) is 38.3 Å². The number of carbonyl (C=O) groups is 1. The molecule has 0 aromatic heterocycles. The van der Waals surface area contributed by atoms with Gasteiger partial charge in [0.05, 0.1) is 6.54 Å². The van der Waals surface area contributed by atoms with Crippen molar-refractivity contribution in [1.29, 1.82) is 0 Å². The third kappa shape index (κ3) is 4.81. The van der Waals surface area contributed by atoms with Crippen LogP contribution in [0.4, 0.5) is 5.69 Å². The van der Waals surface area contributed by atoms with E-state index in [0.29, 0.717) is 12.6 Å². The fraction of sp³-hybridized carbons (Fsp3) is 0.650.